The van der Waals surface area contributed by atoms with Gasteiger partial charge in [-0.1, -0.05) is 6.92 Å². The molecule has 2 aliphatic heterocycles. The van der Waals surface area contributed by atoms with Crippen LogP contribution in [0.2, 0.25) is 0 Å². The summed E-state index contributed by atoms with van der Waals surface area (Å²) < 4.78 is 64.7. The van der Waals surface area contributed by atoms with Crippen LogP contribution in [-0.2, 0) is 14.8 Å². The second-order valence-corrected chi connectivity index (χ2v) is 14.9. The Morgan fingerprint density at radius 2 is 1.67 bits per heavy atom. The van der Waals surface area contributed by atoms with Crippen molar-refractivity contribution in [3.8, 4) is 17.2 Å². The number of anilines is 2. The standard InChI is InChI=1S/C36H45FN4O9S/c1-23-19-41(24(2)21-42)35(43)30-17-27(38-36(44)39-28-11-15-32-33(18-28)49-22-48-32)10-14-31(30)50-25(3)7-5-6-16-47-34(23)20-40(4)51(45,46)29-12-8-26(37)9-13-29/h8-15,17-18,23-25,34,42H,5-7,16,19-22H2,1-4H3,(H2,38,39,44)/t23-,24-,25+,34-/m0/s1. The molecule has 3 aromatic carbocycles. The van der Waals surface area contributed by atoms with Crippen molar-refractivity contribution in [2.75, 3.05) is 50.8 Å². The number of nitrogens with zero attached hydrogens (tertiary/aromatic N) is 2. The van der Waals surface area contributed by atoms with Gasteiger partial charge in [0.05, 0.1) is 35.3 Å². The molecular formula is C36H45FN4O9S. The van der Waals surface area contributed by atoms with Crippen molar-refractivity contribution in [2.24, 2.45) is 5.92 Å². The summed E-state index contributed by atoms with van der Waals surface area (Å²) >= 11 is 0. The van der Waals surface area contributed by atoms with E-state index in [0.717, 1.165) is 18.6 Å². The van der Waals surface area contributed by atoms with E-state index in [1.54, 1.807) is 37.3 Å². The summed E-state index contributed by atoms with van der Waals surface area (Å²) in [4.78, 5) is 28.8. The molecule has 2 aliphatic rings. The zero-order chi connectivity index (χ0) is 36.7. The molecule has 3 amide bonds. The lowest BCUT2D eigenvalue weighted by Crippen LogP contribution is -2.48. The first-order valence-corrected chi connectivity index (χ1v) is 18.3. The van der Waals surface area contributed by atoms with Crippen LogP contribution in [0, 0.1) is 11.7 Å². The van der Waals surface area contributed by atoms with E-state index in [9.17, 15) is 27.5 Å². The summed E-state index contributed by atoms with van der Waals surface area (Å²) in [6, 6.07) is 13.3. The number of aliphatic hydroxyl groups excluding tert-OH is 1. The number of benzene rings is 3. The number of rotatable bonds is 8. The second kappa shape index (κ2) is 16.7. The average molecular weight is 729 g/mol. The first-order chi connectivity index (χ1) is 24.3. The lowest BCUT2D eigenvalue weighted by atomic mass is 10.0. The molecule has 3 aromatic rings. The molecular weight excluding hydrogens is 683 g/mol. The molecule has 0 bridgehead atoms. The number of nitrogens with one attached hydrogen (secondary N) is 2. The minimum atomic E-state index is -3.97. The van der Waals surface area contributed by atoms with Gasteiger partial charge < -0.3 is 39.6 Å². The normalized spacial score (nSPS) is 20.6. The molecule has 0 radical (unpaired) electrons. The number of aliphatic hydroxyl groups is 1. The number of hydrogen-bond acceptors (Lipinski definition) is 9. The predicted octanol–water partition coefficient (Wildman–Crippen LogP) is 5.31. The summed E-state index contributed by atoms with van der Waals surface area (Å²) in [7, 11) is -2.54. The number of carbonyl (C=O) groups is 2. The van der Waals surface area contributed by atoms with Crippen molar-refractivity contribution in [1.29, 1.82) is 0 Å². The molecule has 15 heteroatoms. The van der Waals surface area contributed by atoms with Crippen molar-refractivity contribution in [3.05, 3.63) is 72.0 Å². The highest BCUT2D eigenvalue weighted by Gasteiger charge is 2.32. The van der Waals surface area contributed by atoms with Crippen LogP contribution in [0.4, 0.5) is 20.6 Å². The molecule has 0 saturated carbocycles. The van der Waals surface area contributed by atoms with Gasteiger partial charge in [0, 0.05) is 50.1 Å². The summed E-state index contributed by atoms with van der Waals surface area (Å²) in [5.74, 6) is 0.0262. The number of fused-ring (bicyclic) bond motifs is 2. The van der Waals surface area contributed by atoms with Crippen LogP contribution < -0.4 is 24.8 Å². The predicted molar refractivity (Wildman–Crippen MR) is 188 cm³/mol. The van der Waals surface area contributed by atoms with Gasteiger partial charge in [0.15, 0.2) is 11.5 Å². The number of carbonyl (C=O) groups excluding carboxylic acids is 2. The average Bonchev–Trinajstić information content (AvgIpc) is 3.57. The number of urea groups is 1. The minimum absolute atomic E-state index is 0.0287. The number of likely N-dealkylation sites (N-methyl/N-ethyl adjacent to an activating group) is 1. The van der Waals surface area contributed by atoms with Crippen LogP contribution in [-0.4, -0.2) is 93.1 Å². The number of ether oxygens (including phenoxy) is 4. The van der Waals surface area contributed by atoms with Crippen LogP contribution in [0.15, 0.2) is 65.6 Å². The van der Waals surface area contributed by atoms with Gasteiger partial charge in [-0.15, -0.1) is 0 Å². The molecule has 276 valence electrons. The topological polar surface area (TPSA) is 156 Å². The van der Waals surface area contributed by atoms with Gasteiger partial charge in [-0.2, -0.15) is 4.31 Å². The smallest absolute Gasteiger partial charge is 0.323 e. The largest absolute Gasteiger partial charge is 0.490 e. The molecule has 0 spiro atoms. The fraction of sp³-hybridized carbons (Fsp3) is 0.444. The van der Waals surface area contributed by atoms with E-state index in [2.05, 4.69) is 10.6 Å². The van der Waals surface area contributed by atoms with Crippen molar-refractivity contribution in [3.63, 3.8) is 0 Å². The molecule has 2 heterocycles. The summed E-state index contributed by atoms with van der Waals surface area (Å²) in [6.07, 6.45) is 1.20. The van der Waals surface area contributed by atoms with E-state index in [1.165, 1.54) is 34.5 Å². The molecule has 0 aliphatic carbocycles. The van der Waals surface area contributed by atoms with Crippen molar-refractivity contribution >= 4 is 33.3 Å². The van der Waals surface area contributed by atoms with E-state index in [-0.39, 0.29) is 43.1 Å². The highest BCUT2D eigenvalue weighted by molar-refractivity contribution is 7.89. The SMILES string of the molecule is C[C@@H]1CCCCO[C@@H](CN(C)S(=O)(=O)c2ccc(F)cc2)[C@@H](C)CN([C@@H](C)CO)C(=O)c2cc(NC(=O)Nc3ccc4c(c3)OCO4)ccc2O1. The van der Waals surface area contributed by atoms with E-state index in [4.69, 9.17) is 18.9 Å². The third kappa shape index (κ3) is 9.47. The first-order valence-electron chi connectivity index (χ1n) is 16.9. The maximum absolute atomic E-state index is 14.4. The van der Waals surface area contributed by atoms with Gasteiger partial charge in [-0.25, -0.2) is 17.6 Å². The second-order valence-electron chi connectivity index (χ2n) is 12.9. The Kier molecular flexibility index (Phi) is 12.4. The van der Waals surface area contributed by atoms with E-state index in [0.29, 0.717) is 48.1 Å². The third-order valence-electron chi connectivity index (χ3n) is 8.90. The van der Waals surface area contributed by atoms with E-state index in [1.807, 2.05) is 13.8 Å². The van der Waals surface area contributed by atoms with Crippen molar-refractivity contribution in [1.82, 2.24) is 9.21 Å². The number of halogens is 1. The molecule has 51 heavy (non-hydrogen) atoms. The van der Waals surface area contributed by atoms with Crippen LogP contribution >= 0.6 is 0 Å². The van der Waals surface area contributed by atoms with Crippen LogP contribution in [0.5, 0.6) is 17.2 Å². The maximum Gasteiger partial charge on any atom is 0.323 e. The zero-order valence-electron chi connectivity index (χ0n) is 29.1. The highest BCUT2D eigenvalue weighted by Crippen LogP contribution is 2.34. The fourth-order valence-electron chi connectivity index (χ4n) is 5.87. The highest BCUT2D eigenvalue weighted by atomic mass is 32.2. The molecule has 4 atom stereocenters. The monoisotopic (exact) mass is 728 g/mol. The van der Waals surface area contributed by atoms with Gasteiger partial charge in [0.25, 0.3) is 5.91 Å². The van der Waals surface area contributed by atoms with Crippen molar-refractivity contribution in [2.45, 2.75) is 63.2 Å². The summed E-state index contributed by atoms with van der Waals surface area (Å²) in [5, 5.41) is 15.8. The Morgan fingerprint density at radius 3 is 2.37 bits per heavy atom. The zero-order valence-corrected chi connectivity index (χ0v) is 30.0. The number of sulfonamides is 1. The third-order valence-corrected chi connectivity index (χ3v) is 10.7. The summed E-state index contributed by atoms with van der Waals surface area (Å²) in [6.45, 7) is 5.66. The van der Waals surface area contributed by atoms with Gasteiger partial charge in [-0.3, -0.25) is 4.79 Å². The molecule has 0 unspecified atom stereocenters. The molecule has 13 nitrogen and oxygen atoms in total. The van der Waals surface area contributed by atoms with Gasteiger partial charge in [0.2, 0.25) is 16.8 Å². The van der Waals surface area contributed by atoms with Gasteiger partial charge in [-0.05, 0) is 87.7 Å². The number of amides is 3. The molecule has 0 saturated heterocycles. The van der Waals surface area contributed by atoms with Crippen molar-refractivity contribution < 1.29 is 46.5 Å². The molecule has 3 N–H and O–H groups in total. The molecule has 0 aromatic heterocycles. The van der Waals surface area contributed by atoms with Crippen LogP contribution in [0.1, 0.15) is 50.4 Å². The minimum Gasteiger partial charge on any atom is -0.490 e. The quantitative estimate of drug-likeness (QED) is 0.280. The van der Waals surface area contributed by atoms with E-state index >= 15 is 0 Å². The lowest BCUT2D eigenvalue weighted by Gasteiger charge is -2.35. The summed E-state index contributed by atoms with van der Waals surface area (Å²) in [5.41, 5.74) is 0.991. The Labute approximate surface area is 297 Å². The molecule has 0 fully saturated rings. The lowest BCUT2D eigenvalue weighted by molar-refractivity contribution is -0.00834. The Bertz CT molecular complexity index is 1790. The van der Waals surface area contributed by atoms with Crippen LogP contribution in [0.3, 0.4) is 0 Å². The Hall–Kier alpha value is -4.44. The first kappa shape index (κ1) is 37.8. The van der Waals surface area contributed by atoms with Gasteiger partial charge >= 0.3 is 6.03 Å². The van der Waals surface area contributed by atoms with Crippen LogP contribution in [0.25, 0.3) is 0 Å². The molecule has 5 rings (SSSR count). The maximum atomic E-state index is 14.4. The number of hydrogen-bond donors (Lipinski definition) is 3. The van der Waals surface area contributed by atoms with E-state index < -0.39 is 45.8 Å². The Balaban J connectivity index is 1.39. The Morgan fingerprint density at radius 1 is 1.00 bits per heavy atom. The fourth-order valence-corrected chi connectivity index (χ4v) is 7.05. The van der Waals surface area contributed by atoms with Gasteiger partial charge in [0.1, 0.15) is 11.6 Å².